The summed E-state index contributed by atoms with van der Waals surface area (Å²) in [7, 11) is 1.55. The zero-order valence-electron chi connectivity index (χ0n) is 17.4. The Morgan fingerprint density at radius 3 is 2.41 bits per heavy atom. The van der Waals surface area contributed by atoms with Crippen LogP contribution in [0.1, 0.15) is 5.56 Å². The van der Waals surface area contributed by atoms with E-state index in [0.29, 0.717) is 30.3 Å². The van der Waals surface area contributed by atoms with Crippen molar-refractivity contribution >= 4 is 28.6 Å². The molecule has 9 heteroatoms. The molecule has 1 aliphatic rings. The maximum absolute atomic E-state index is 13.5. The number of nitrogens with one attached hydrogen (secondary N) is 2. The van der Waals surface area contributed by atoms with Crippen LogP contribution in [0, 0.1) is 0 Å². The average molecular weight is 444 g/mol. The molecule has 168 valence electrons. The van der Waals surface area contributed by atoms with Crippen LogP contribution in [0.15, 0.2) is 60.8 Å². The Kier molecular flexibility index (Phi) is 6.36. The molecule has 0 saturated carbocycles. The lowest BCUT2D eigenvalue weighted by Crippen LogP contribution is -2.36. The number of para-hydroxylation sites is 1. The number of pyridine rings is 1. The van der Waals surface area contributed by atoms with Crippen molar-refractivity contribution in [2.24, 2.45) is 0 Å². The van der Waals surface area contributed by atoms with Crippen molar-refractivity contribution in [3.8, 4) is 5.75 Å². The Labute approximate surface area is 184 Å². The van der Waals surface area contributed by atoms with Gasteiger partial charge in [-0.15, -0.1) is 0 Å². The van der Waals surface area contributed by atoms with Crippen molar-refractivity contribution in [3.05, 3.63) is 66.4 Å². The Balaban J connectivity index is 1.61. The minimum absolute atomic E-state index is 0.0925. The van der Waals surface area contributed by atoms with Gasteiger partial charge in [-0.05, 0) is 24.3 Å². The van der Waals surface area contributed by atoms with E-state index in [9.17, 15) is 13.2 Å². The Bertz CT molecular complexity index is 1050. The smallest absolute Gasteiger partial charge is 0.419 e. The topological polar surface area (TPSA) is 58.7 Å². The highest BCUT2D eigenvalue weighted by Crippen LogP contribution is 2.38. The fraction of sp³-hybridized carbons (Fsp3) is 0.261. The number of halogens is 3. The van der Waals surface area contributed by atoms with Gasteiger partial charge in [-0.1, -0.05) is 18.2 Å². The van der Waals surface area contributed by atoms with Crippen LogP contribution in [0.5, 0.6) is 5.75 Å². The van der Waals surface area contributed by atoms with Crippen LogP contribution in [0.25, 0.3) is 0 Å². The zero-order chi connectivity index (χ0) is 22.6. The Morgan fingerprint density at radius 2 is 1.72 bits per heavy atom. The molecule has 2 heterocycles. The van der Waals surface area contributed by atoms with Crippen molar-refractivity contribution in [1.29, 1.82) is 0 Å². The lowest BCUT2D eigenvalue weighted by atomic mass is 10.2. The predicted molar refractivity (Wildman–Crippen MR) is 118 cm³/mol. The van der Waals surface area contributed by atoms with Crippen LogP contribution in [0.4, 0.5) is 41.7 Å². The molecule has 4 rings (SSSR count). The summed E-state index contributed by atoms with van der Waals surface area (Å²) in [6, 6.07) is 15.7. The molecule has 2 N–H and O–H groups in total. The molecular weight excluding hydrogens is 421 g/mol. The van der Waals surface area contributed by atoms with E-state index in [2.05, 4.69) is 20.5 Å². The third-order valence-corrected chi connectivity index (χ3v) is 5.09. The minimum Gasteiger partial charge on any atom is -0.494 e. The first-order valence-electron chi connectivity index (χ1n) is 10.1. The molecule has 1 saturated heterocycles. The number of hydrogen-bond acceptors (Lipinski definition) is 6. The number of rotatable bonds is 6. The van der Waals surface area contributed by atoms with E-state index in [0.717, 1.165) is 25.0 Å². The van der Waals surface area contributed by atoms with Gasteiger partial charge >= 0.3 is 6.18 Å². The lowest BCUT2D eigenvalue weighted by molar-refractivity contribution is -0.137. The van der Waals surface area contributed by atoms with Gasteiger partial charge in [0.15, 0.2) is 0 Å². The second-order valence-electron chi connectivity index (χ2n) is 7.21. The van der Waals surface area contributed by atoms with Crippen LogP contribution < -0.4 is 20.3 Å². The van der Waals surface area contributed by atoms with Gasteiger partial charge in [-0.2, -0.15) is 13.2 Å². The first-order valence-corrected chi connectivity index (χ1v) is 10.1. The third-order valence-electron chi connectivity index (χ3n) is 5.09. The number of morpholine rings is 1. The van der Waals surface area contributed by atoms with E-state index in [1.54, 1.807) is 37.4 Å². The van der Waals surface area contributed by atoms with E-state index < -0.39 is 11.7 Å². The number of ether oxygens (including phenoxy) is 2. The van der Waals surface area contributed by atoms with Crippen LogP contribution in [-0.4, -0.2) is 38.4 Å². The number of nitrogens with zero attached hydrogens (tertiary/aromatic N) is 2. The molecule has 0 amide bonds. The molecule has 6 nitrogen and oxygen atoms in total. The maximum atomic E-state index is 13.5. The van der Waals surface area contributed by atoms with Gasteiger partial charge in [0.05, 0.1) is 37.3 Å². The molecule has 0 atom stereocenters. The zero-order valence-corrected chi connectivity index (χ0v) is 17.4. The highest BCUT2D eigenvalue weighted by molar-refractivity contribution is 5.73. The van der Waals surface area contributed by atoms with E-state index in [1.807, 2.05) is 18.2 Å². The van der Waals surface area contributed by atoms with Crippen molar-refractivity contribution in [1.82, 2.24) is 4.98 Å². The SMILES string of the molecule is COc1cc(N2CCOCC2)ccc1Nc1cc(Nc2ccccc2)c(C(F)(F)F)cn1. The summed E-state index contributed by atoms with van der Waals surface area (Å²) in [6.45, 7) is 2.89. The molecule has 0 radical (unpaired) electrons. The quantitative estimate of drug-likeness (QED) is 0.529. The number of aromatic nitrogens is 1. The summed E-state index contributed by atoms with van der Waals surface area (Å²) in [4.78, 5) is 6.17. The maximum Gasteiger partial charge on any atom is 0.419 e. The van der Waals surface area contributed by atoms with Gasteiger partial charge in [0.25, 0.3) is 0 Å². The minimum atomic E-state index is -4.54. The molecule has 3 aromatic rings. The first kappa shape index (κ1) is 21.8. The lowest BCUT2D eigenvalue weighted by Gasteiger charge is -2.29. The summed E-state index contributed by atoms with van der Waals surface area (Å²) >= 11 is 0. The largest absolute Gasteiger partial charge is 0.494 e. The first-order chi connectivity index (χ1) is 15.4. The highest BCUT2D eigenvalue weighted by Gasteiger charge is 2.34. The fourth-order valence-electron chi connectivity index (χ4n) is 3.47. The Hall–Kier alpha value is -3.46. The van der Waals surface area contributed by atoms with Gasteiger partial charge in [-0.3, -0.25) is 0 Å². The van der Waals surface area contributed by atoms with Crippen LogP contribution in [-0.2, 0) is 10.9 Å². The van der Waals surface area contributed by atoms with Gasteiger partial charge in [0, 0.05) is 42.8 Å². The predicted octanol–water partition coefficient (Wildman–Crippen LogP) is 5.43. The summed E-state index contributed by atoms with van der Waals surface area (Å²) in [5.74, 6) is 0.821. The summed E-state index contributed by atoms with van der Waals surface area (Å²) < 4.78 is 51.4. The number of anilines is 5. The van der Waals surface area contributed by atoms with Gasteiger partial charge in [-0.25, -0.2) is 4.98 Å². The highest BCUT2D eigenvalue weighted by atomic mass is 19.4. The average Bonchev–Trinajstić information content (AvgIpc) is 2.80. The van der Waals surface area contributed by atoms with E-state index >= 15 is 0 Å². The van der Waals surface area contributed by atoms with Crippen LogP contribution >= 0.6 is 0 Å². The second kappa shape index (κ2) is 9.35. The van der Waals surface area contributed by atoms with Crippen molar-refractivity contribution in [3.63, 3.8) is 0 Å². The second-order valence-corrected chi connectivity index (χ2v) is 7.21. The van der Waals surface area contributed by atoms with Crippen molar-refractivity contribution in [2.75, 3.05) is 48.9 Å². The summed E-state index contributed by atoms with van der Waals surface area (Å²) in [5, 5.41) is 5.91. The van der Waals surface area contributed by atoms with E-state index in [-0.39, 0.29) is 11.5 Å². The monoisotopic (exact) mass is 444 g/mol. The standard InChI is InChI=1S/C23H23F3N4O2/c1-31-21-13-17(30-9-11-32-12-10-30)7-8-19(21)29-22-14-20(18(15-27-22)23(24,25)26)28-16-5-3-2-4-6-16/h2-8,13-15H,9-12H2,1H3,(H2,27,28,29). The molecule has 0 unspecified atom stereocenters. The molecular formula is C23H23F3N4O2. The molecule has 2 aromatic carbocycles. The molecule has 32 heavy (non-hydrogen) atoms. The van der Waals surface area contributed by atoms with Gasteiger partial charge in [0.2, 0.25) is 0 Å². The number of methoxy groups -OCH3 is 1. The number of hydrogen-bond donors (Lipinski definition) is 2. The summed E-state index contributed by atoms with van der Waals surface area (Å²) in [5.41, 5.74) is 1.19. The number of benzene rings is 2. The number of alkyl halides is 3. The van der Waals surface area contributed by atoms with Crippen LogP contribution in [0.3, 0.4) is 0 Å². The molecule has 0 bridgehead atoms. The molecule has 0 aliphatic carbocycles. The molecule has 0 spiro atoms. The van der Waals surface area contributed by atoms with Crippen molar-refractivity contribution in [2.45, 2.75) is 6.18 Å². The van der Waals surface area contributed by atoms with E-state index in [1.165, 1.54) is 6.07 Å². The fourth-order valence-corrected chi connectivity index (χ4v) is 3.47. The third kappa shape index (κ3) is 5.05. The van der Waals surface area contributed by atoms with Gasteiger partial charge < -0.3 is 25.0 Å². The summed E-state index contributed by atoms with van der Waals surface area (Å²) in [6.07, 6.45) is -3.72. The normalized spacial score (nSPS) is 14.2. The van der Waals surface area contributed by atoms with E-state index in [4.69, 9.17) is 9.47 Å². The molecule has 1 aromatic heterocycles. The van der Waals surface area contributed by atoms with Crippen molar-refractivity contribution < 1.29 is 22.6 Å². The molecule has 1 fully saturated rings. The molecule has 1 aliphatic heterocycles. The van der Waals surface area contributed by atoms with Crippen LogP contribution in [0.2, 0.25) is 0 Å². The van der Waals surface area contributed by atoms with Gasteiger partial charge in [0.1, 0.15) is 11.6 Å². The Morgan fingerprint density at radius 1 is 0.969 bits per heavy atom.